The van der Waals surface area contributed by atoms with Crippen LogP contribution in [-0.4, -0.2) is 9.97 Å². The minimum Gasteiger partial charge on any atom is -0.209 e. The van der Waals surface area contributed by atoms with Crippen LogP contribution in [0.25, 0.3) is 0 Å². The highest BCUT2D eigenvalue weighted by atomic mass is 35.5. The van der Waals surface area contributed by atoms with Gasteiger partial charge < -0.3 is 0 Å². The predicted octanol–water partition coefficient (Wildman–Crippen LogP) is 1.92. The van der Waals surface area contributed by atoms with E-state index >= 15 is 0 Å². The summed E-state index contributed by atoms with van der Waals surface area (Å²) in [5.74, 6) is 0. The van der Waals surface area contributed by atoms with Gasteiger partial charge in [-0.15, -0.1) is 0 Å². The molecular formula is C4HCl2FN2. The highest BCUT2D eigenvalue weighted by molar-refractivity contribution is 6.41. The first-order valence-corrected chi connectivity index (χ1v) is 2.79. The van der Waals surface area contributed by atoms with Gasteiger partial charge in [-0.25, -0.2) is 4.98 Å². The van der Waals surface area contributed by atoms with Crippen LogP contribution >= 0.6 is 23.2 Å². The second-order valence-corrected chi connectivity index (χ2v) is 2.04. The van der Waals surface area contributed by atoms with E-state index in [1.807, 2.05) is 0 Å². The molecule has 0 fully saturated rings. The van der Waals surface area contributed by atoms with Crippen molar-refractivity contribution in [2.24, 2.45) is 0 Å². The van der Waals surface area contributed by atoms with Crippen molar-refractivity contribution in [2.45, 2.75) is 0 Å². The maximum Gasteiger partial charge on any atom is 0.310 e. The summed E-state index contributed by atoms with van der Waals surface area (Å²) >= 11 is 10.6. The maximum atomic E-state index is 12.0. The molecule has 5 heteroatoms. The zero-order valence-electron chi connectivity index (χ0n) is 4.11. The Labute approximate surface area is 60.6 Å². The van der Waals surface area contributed by atoms with E-state index in [9.17, 15) is 4.39 Å². The van der Waals surface area contributed by atoms with Crippen molar-refractivity contribution in [2.75, 3.05) is 0 Å². The fourth-order valence-electron chi connectivity index (χ4n) is 0.326. The Morgan fingerprint density at radius 1 is 1.44 bits per heavy atom. The van der Waals surface area contributed by atoms with Gasteiger partial charge in [0.25, 0.3) is 0 Å². The predicted molar refractivity (Wildman–Crippen MR) is 32.0 cm³/mol. The Hall–Kier alpha value is -0.410. The van der Waals surface area contributed by atoms with Gasteiger partial charge in [-0.05, 0) is 0 Å². The number of aromatic nitrogens is 2. The lowest BCUT2D eigenvalue weighted by Gasteiger charge is -1.89. The molecule has 1 heterocycles. The normalized spacial score (nSPS) is 9.67. The second kappa shape index (κ2) is 2.45. The van der Waals surface area contributed by atoms with Gasteiger partial charge in [0.2, 0.25) is 0 Å². The van der Waals surface area contributed by atoms with Crippen LogP contribution in [-0.2, 0) is 0 Å². The van der Waals surface area contributed by atoms with Gasteiger partial charge in [-0.3, -0.25) is 0 Å². The number of halogens is 3. The van der Waals surface area contributed by atoms with Crippen LogP contribution in [0.5, 0.6) is 0 Å². The molecule has 0 unspecified atom stereocenters. The van der Waals surface area contributed by atoms with Crippen molar-refractivity contribution < 1.29 is 4.39 Å². The first-order chi connectivity index (χ1) is 4.20. The average Bonchev–Trinajstić information content (AvgIpc) is 1.80. The lowest BCUT2D eigenvalue weighted by molar-refractivity contribution is 0.539. The van der Waals surface area contributed by atoms with Crippen molar-refractivity contribution in [3.05, 3.63) is 22.5 Å². The zero-order chi connectivity index (χ0) is 6.85. The molecule has 2 nitrogen and oxygen atoms in total. The first kappa shape index (κ1) is 6.71. The number of rotatable bonds is 0. The highest BCUT2D eigenvalue weighted by Crippen LogP contribution is 2.16. The first-order valence-electron chi connectivity index (χ1n) is 2.03. The molecule has 1 aromatic heterocycles. The van der Waals surface area contributed by atoms with Crippen molar-refractivity contribution in [1.82, 2.24) is 9.97 Å². The topological polar surface area (TPSA) is 25.8 Å². The molecular weight excluding hydrogens is 166 g/mol. The van der Waals surface area contributed by atoms with Gasteiger partial charge in [0, 0.05) is 0 Å². The van der Waals surface area contributed by atoms with Crippen molar-refractivity contribution in [3.8, 4) is 0 Å². The van der Waals surface area contributed by atoms with E-state index in [1.54, 1.807) is 0 Å². The third-order valence-electron chi connectivity index (χ3n) is 0.672. The Bertz CT molecular complexity index is 228. The molecule has 0 aliphatic heterocycles. The number of nitrogens with zero attached hydrogens (tertiary/aromatic N) is 2. The zero-order valence-corrected chi connectivity index (χ0v) is 5.62. The summed E-state index contributed by atoms with van der Waals surface area (Å²) in [6.45, 7) is 0. The van der Waals surface area contributed by atoms with E-state index in [0.717, 1.165) is 6.20 Å². The molecule has 0 atom stereocenters. The molecule has 0 radical (unpaired) electrons. The summed E-state index contributed by atoms with van der Waals surface area (Å²) in [5, 5.41) is 0.0854. The Morgan fingerprint density at radius 3 is 2.56 bits per heavy atom. The highest BCUT2D eigenvalue weighted by Gasteiger charge is 1.99. The Kier molecular flexibility index (Phi) is 1.83. The van der Waals surface area contributed by atoms with Crippen LogP contribution in [0, 0.1) is 6.08 Å². The summed E-state index contributed by atoms with van der Waals surface area (Å²) < 4.78 is 12.0. The van der Waals surface area contributed by atoms with Gasteiger partial charge >= 0.3 is 6.08 Å². The molecule has 9 heavy (non-hydrogen) atoms. The third-order valence-corrected chi connectivity index (χ3v) is 1.33. The minimum absolute atomic E-state index is 0.0656. The summed E-state index contributed by atoms with van der Waals surface area (Å²) in [4.78, 5) is 6.27. The van der Waals surface area contributed by atoms with Gasteiger partial charge in [0.1, 0.15) is 0 Å². The molecule has 1 rings (SSSR count). The van der Waals surface area contributed by atoms with E-state index < -0.39 is 6.08 Å². The Morgan fingerprint density at radius 2 is 2.11 bits per heavy atom. The standard InChI is InChI=1S/C4HCl2FN2/c5-2-1-8-4(7)9-3(2)6/h1H. The smallest absolute Gasteiger partial charge is 0.209 e. The van der Waals surface area contributed by atoms with Gasteiger partial charge in [-0.1, -0.05) is 23.2 Å². The van der Waals surface area contributed by atoms with Crippen LogP contribution in [0.15, 0.2) is 6.20 Å². The number of hydrogen-bond acceptors (Lipinski definition) is 2. The van der Waals surface area contributed by atoms with Crippen LogP contribution < -0.4 is 0 Å². The summed E-state index contributed by atoms with van der Waals surface area (Å²) in [5.41, 5.74) is 0. The molecule has 1 aromatic rings. The monoisotopic (exact) mass is 166 g/mol. The molecule has 0 aliphatic carbocycles. The van der Waals surface area contributed by atoms with E-state index in [-0.39, 0.29) is 10.2 Å². The molecule has 0 saturated heterocycles. The largest absolute Gasteiger partial charge is 0.310 e. The number of hydrogen-bond donors (Lipinski definition) is 0. The van der Waals surface area contributed by atoms with Crippen LogP contribution in [0.3, 0.4) is 0 Å². The fraction of sp³-hybridized carbons (Fsp3) is 0. The van der Waals surface area contributed by atoms with Gasteiger partial charge in [-0.2, -0.15) is 9.37 Å². The van der Waals surface area contributed by atoms with E-state index in [0.29, 0.717) is 0 Å². The fourth-order valence-corrected chi connectivity index (χ4v) is 0.536. The SMILES string of the molecule is Fc1ncc(Cl)c(Cl)n1. The quantitative estimate of drug-likeness (QED) is 0.435. The van der Waals surface area contributed by atoms with Gasteiger partial charge in [0.15, 0.2) is 5.15 Å². The van der Waals surface area contributed by atoms with Crippen LogP contribution in [0.4, 0.5) is 4.39 Å². The molecule has 0 spiro atoms. The van der Waals surface area contributed by atoms with Crippen LogP contribution in [0.2, 0.25) is 10.2 Å². The molecule has 0 N–H and O–H groups in total. The average molecular weight is 167 g/mol. The molecule has 0 saturated carbocycles. The van der Waals surface area contributed by atoms with Crippen molar-refractivity contribution in [3.63, 3.8) is 0 Å². The van der Waals surface area contributed by atoms with Gasteiger partial charge in [0.05, 0.1) is 11.2 Å². The van der Waals surface area contributed by atoms with E-state index in [2.05, 4.69) is 9.97 Å². The molecule has 0 aliphatic rings. The molecule has 0 aromatic carbocycles. The molecule has 48 valence electrons. The maximum absolute atomic E-state index is 12.0. The minimum atomic E-state index is -0.871. The Balaban J connectivity index is 3.17. The summed E-state index contributed by atoms with van der Waals surface area (Å²) in [7, 11) is 0. The van der Waals surface area contributed by atoms with E-state index in [4.69, 9.17) is 23.2 Å². The van der Waals surface area contributed by atoms with Crippen molar-refractivity contribution >= 4 is 23.2 Å². The lowest BCUT2D eigenvalue weighted by Crippen LogP contribution is -1.87. The van der Waals surface area contributed by atoms with E-state index in [1.165, 1.54) is 0 Å². The van der Waals surface area contributed by atoms with Crippen LogP contribution in [0.1, 0.15) is 0 Å². The molecule has 0 bridgehead atoms. The molecule has 0 amide bonds. The lowest BCUT2D eigenvalue weighted by atomic mass is 10.7. The van der Waals surface area contributed by atoms with Crippen molar-refractivity contribution in [1.29, 1.82) is 0 Å². The second-order valence-electron chi connectivity index (χ2n) is 1.28. The summed E-state index contributed by atoms with van der Waals surface area (Å²) in [6.07, 6.45) is 0.232. The summed E-state index contributed by atoms with van der Waals surface area (Å²) in [6, 6.07) is 0. The third kappa shape index (κ3) is 1.50.